The molecule has 0 bridgehead atoms. The van der Waals surface area contributed by atoms with Crippen LogP contribution in [0, 0.1) is 6.92 Å². The molecule has 0 atom stereocenters. The molecule has 1 fully saturated rings. The molecule has 0 saturated carbocycles. The van der Waals surface area contributed by atoms with Crippen molar-refractivity contribution in [2.24, 2.45) is 0 Å². The van der Waals surface area contributed by atoms with Crippen molar-refractivity contribution < 1.29 is 14.3 Å². The summed E-state index contributed by atoms with van der Waals surface area (Å²) in [4.78, 5) is 22.7. The summed E-state index contributed by atoms with van der Waals surface area (Å²) >= 11 is 1.61. The largest absolute Gasteiger partial charge is 0.497 e. The van der Waals surface area contributed by atoms with Gasteiger partial charge in [-0.25, -0.2) is 4.98 Å². The first-order valence-corrected chi connectivity index (χ1v) is 12.7. The number of nitrogens with zero attached hydrogens (tertiary/aromatic N) is 2. The number of fused-ring (bicyclic) bond motifs is 1. The number of H-pyrrole nitrogens is 1. The van der Waals surface area contributed by atoms with Crippen molar-refractivity contribution in [3.05, 3.63) is 81.9 Å². The number of ether oxygens (including phenoxy) is 2. The van der Waals surface area contributed by atoms with Gasteiger partial charge in [-0.1, -0.05) is 18.2 Å². The predicted molar refractivity (Wildman–Crippen MR) is 140 cm³/mol. The molecule has 2 aromatic carbocycles. The van der Waals surface area contributed by atoms with Crippen LogP contribution in [-0.2, 0) is 11.4 Å². The minimum atomic E-state index is 0.0361. The Morgan fingerprint density at radius 3 is 2.83 bits per heavy atom. The average molecular weight is 488 g/mol. The van der Waals surface area contributed by atoms with Crippen molar-refractivity contribution in [3.8, 4) is 11.5 Å². The summed E-state index contributed by atoms with van der Waals surface area (Å²) in [6.45, 7) is 3.88. The minimum absolute atomic E-state index is 0.0361. The fraction of sp³-hybridized carbons (Fsp3) is 0.286. The third-order valence-electron chi connectivity index (χ3n) is 6.53. The van der Waals surface area contributed by atoms with Gasteiger partial charge in [-0.05, 0) is 61.6 Å². The minimum Gasteiger partial charge on any atom is -0.497 e. The van der Waals surface area contributed by atoms with Crippen LogP contribution >= 0.6 is 11.3 Å². The lowest BCUT2D eigenvalue weighted by atomic mass is 9.89. The van der Waals surface area contributed by atoms with Gasteiger partial charge in [0.15, 0.2) is 0 Å². The van der Waals surface area contributed by atoms with Gasteiger partial charge in [0, 0.05) is 47.2 Å². The molecule has 1 saturated heterocycles. The van der Waals surface area contributed by atoms with Crippen molar-refractivity contribution >= 4 is 34.2 Å². The normalized spacial score (nSPS) is 14.6. The highest BCUT2D eigenvalue weighted by molar-refractivity contribution is 7.09. The van der Waals surface area contributed by atoms with E-state index in [0.29, 0.717) is 12.5 Å². The molecular weight excluding hydrogens is 458 g/mol. The van der Waals surface area contributed by atoms with Gasteiger partial charge in [0.2, 0.25) is 5.91 Å². The maximum Gasteiger partial charge on any atom is 0.246 e. The highest BCUT2D eigenvalue weighted by Gasteiger charge is 2.24. The molecule has 2 aromatic heterocycles. The summed E-state index contributed by atoms with van der Waals surface area (Å²) < 4.78 is 11.4. The first-order valence-electron chi connectivity index (χ1n) is 11.9. The number of hydrogen-bond acceptors (Lipinski definition) is 5. The van der Waals surface area contributed by atoms with Gasteiger partial charge >= 0.3 is 0 Å². The number of benzene rings is 2. The molecule has 1 aliphatic rings. The molecule has 5 rings (SSSR count). The van der Waals surface area contributed by atoms with E-state index < -0.39 is 0 Å². The molecule has 3 heterocycles. The SMILES string of the molecule is COc1ccc2[nH]cc(C3CCN(C(=O)/C=C/c4ccccc4OCc4csc(C)n4)CC3)c2c1. The Balaban J connectivity index is 1.20. The summed E-state index contributed by atoms with van der Waals surface area (Å²) in [6.07, 6.45) is 7.50. The van der Waals surface area contributed by atoms with E-state index in [0.717, 1.165) is 59.2 Å². The molecule has 0 radical (unpaired) electrons. The van der Waals surface area contributed by atoms with Gasteiger partial charge in [0.25, 0.3) is 0 Å². The Morgan fingerprint density at radius 1 is 1.23 bits per heavy atom. The fourth-order valence-electron chi connectivity index (χ4n) is 4.64. The van der Waals surface area contributed by atoms with Gasteiger partial charge in [0.1, 0.15) is 18.1 Å². The molecule has 1 N–H and O–H groups in total. The number of nitrogens with one attached hydrogen (secondary N) is 1. The molecule has 180 valence electrons. The van der Waals surface area contributed by atoms with Gasteiger partial charge in [-0.2, -0.15) is 0 Å². The Bertz CT molecular complexity index is 1350. The standard InChI is InChI=1S/C28H29N3O3S/c1-19-30-22(18-35-19)17-34-27-6-4-3-5-21(27)7-10-28(32)31-13-11-20(12-14-31)25-16-29-26-9-8-23(33-2)15-24(25)26/h3-10,15-16,18,20,29H,11-14,17H2,1-2H3/b10-7+. The van der Waals surface area contributed by atoms with Crippen molar-refractivity contribution in [1.82, 2.24) is 14.9 Å². The maximum atomic E-state index is 12.9. The Hall–Kier alpha value is -3.58. The quantitative estimate of drug-likeness (QED) is 0.328. The first kappa shape index (κ1) is 23.2. The molecule has 0 unspecified atom stereocenters. The average Bonchev–Trinajstić information content (AvgIpc) is 3.52. The van der Waals surface area contributed by atoms with Crippen LogP contribution in [0.4, 0.5) is 0 Å². The lowest BCUT2D eigenvalue weighted by molar-refractivity contribution is -0.126. The Kier molecular flexibility index (Phi) is 6.86. The zero-order valence-corrected chi connectivity index (χ0v) is 20.8. The summed E-state index contributed by atoms with van der Waals surface area (Å²) in [5.41, 5.74) is 4.23. The number of aromatic nitrogens is 2. The molecule has 6 nitrogen and oxygen atoms in total. The second-order valence-corrected chi connectivity index (χ2v) is 9.84. The van der Waals surface area contributed by atoms with E-state index in [1.165, 1.54) is 10.9 Å². The van der Waals surface area contributed by atoms with E-state index >= 15 is 0 Å². The van der Waals surface area contributed by atoms with Crippen LogP contribution in [-0.4, -0.2) is 41.0 Å². The van der Waals surface area contributed by atoms with E-state index in [1.807, 2.05) is 53.6 Å². The molecular formula is C28H29N3O3S. The van der Waals surface area contributed by atoms with Gasteiger partial charge in [0.05, 0.1) is 17.8 Å². The van der Waals surface area contributed by atoms with Crippen molar-refractivity contribution in [2.45, 2.75) is 32.3 Å². The molecule has 1 aliphatic heterocycles. The van der Waals surface area contributed by atoms with E-state index in [-0.39, 0.29) is 5.91 Å². The Labute approximate surface area is 209 Å². The summed E-state index contributed by atoms with van der Waals surface area (Å²) in [7, 11) is 1.69. The molecule has 35 heavy (non-hydrogen) atoms. The molecule has 0 aliphatic carbocycles. The monoisotopic (exact) mass is 487 g/mol. The lowest BCUT2D eigenvalue weighted by Gasteiger charge is -2.31. The predicted octanol–water partition coefficient (Wildman–Crippen LogP) is 5.94. The molecule has 7 heteroatoms. The van der Waals surface area contributed by atoms with E-state index in [1.54, 1.807) is 24.5 Å². The lowest BCUT2D eigenvalue weighted by Crippen LogP contribution is -2.36. The number of thiazole rings is 1. The number of rotatable bonds is 7. The maximum absolute atomic E-state index is 12.9. The first-order chi connectivity index (χ1) is 17.1. The number of para-hydroxylation sites is 1. The van der Waals surface area contributed by atoms with Crippen LogP contribution < -0.4 is 9.47 Å². The summed E-state index contributed by atoms with van der Waals surface area (Å²) in [5, 5.41) is 4.24. The number of carbonyl (C=O) groups is 1. The van der Waals surface area contributed by atoms with Crippen LogP contribution in [0.3, 0.4) is 0 Å². The van der Waals surface area contributed by atoms with Crippen LogP contribution in [0.25, 0.3) is 17.0 Å². The van der Waals surface area contributed by atoms with Crippen molar-refractivity contribution in [3.63, 3.8) is 0 Å². The fourth-order valence-corrected chi connectivity index (χ4v) is 5.24. The number of aromatic amines is 1. The van der Waals surface area contributed by atoms with E-state index in [2.05, 4.69) is 28.3 Å². The number of carbonyl (C=O) groups excluding carboxylic acids is 1. The molecule has 0 spiro atoms. The zero-order valence-electron chi connectivity index (χ0n) is 20.0. The number of methoxy groups -OCH3 is 1. The second-order valence-electron chi connectivity index (χ2n) is 8.77. The van der Waals surface area contributed by atoms with Crippen LogP contribution in [0.2, 0.25) is 0 Å². The van der Waals surface area contributed by atoms with Gasteiger partial charge in [-0.15, -0.1) is 11.3 Å². The number of amides is 1. The van der Waals surface area contributed by atoms with Crippen molar-refractivity contribution in [2.75, 3.05) is 20.2 Å². The third kappa shape index (κ3) is 5.25. The highest BCUT2D eigenvalue weighted by Crippen LogP contribution is 2.34. The van der Waals surface area contributed by atoms with Gasteiger partial charge < -0.3 is 19.4 Å². The van der Waals surface area contributed by atoms with Crippen LogP contribution in [0.15, 0.2) is 60.1 Å². The van der Waals surface area contributed by atoms with Crippen LogP contribution in [0.5, 0.6) is 11.5 Å². The number of aryl methyl sites for hydroxylation is 1. The zero-order chi connectivity index (χ0) is 24.2. The summed E-state index contributed by atoms with van der Waals surface area (Å²) in [5.74, 6) is 2.07. The van der Waals surface area contributed by atoms with Crippen LogP contribution in [0.1, 0.15) is 40.6 Å². The number of likely N-dealkylation sites (tertiary alicyclic amines) is 1. The van der Waals surface area contributed by atoms with E-state index in [9.17, 15) is 4.79 Å². The highest BCUT2D eigenvalue weighted by atomic mass is 32.1. The number of hydrogen-bond donors (Lipinski definition) is 1. The topological polar surface area (TPSA) is 67.5 Å². The Morgan fingerprint density at radius 2 is 2.06 bits per heavy atom. The van der Waals surface area contributed by atoms with Gasteiger partial charge in [-0.3, -0.25) is 4.79 Å². The second kappa shape index (κ2) is 10.4. The number of piperidine rings is 1. The molecule has 1 amide bonds. The van der Waals surface area contributed by atoms with E-state index in [4.69, 9.17) is 9.47 Å². The molecule has 4 aromatic rings. The van der Waals surface area contributed by atoms with Crippen molar-refractivity contribution in [1.29, 1.82) is 0 Å². The third-order valence-corrected chi connectivity index (χ3v) is 7.36. The summed E-state index contributed by atoms with van der Waals surface area (Å²) in [6, 6.07) is 13.9. The smallest absolute Gasteiger partial charge is 0.246 e.